The molecule has 1 amide bonds. The number of non-ortho nitro benzene ring substituents is 1. The summed E-state index contributed by atoms with van der Waals surface area (Å²) in [4.78, 5) is 23.7. The zero-order valence-corrected chi connectivity index (χ0v) is 15.0. The summed E-state index contributed by atoms with van der Waals surface area (Å²) in [5, 5.41) is 14.3. The van der Waals surface area contributed by atoms with E-state index in [4.69, 9.17) is 16.0 Å². The van der Waals surface area contributed by atoms with Crippen LogP contribution in [0.25, 0.3) is 11.3 Å². The number of carbonyl (C=O) groups is 1. The molecule has 0 bridgehead atoms. The van der Waals surface area contributed by atoms with Crippen LogP contribution >= 0.6 is 11.6 Å². The fourth-order valence-corrected chi connectivity index (χ4v) is 3.25. The van der Waals surface area contributed by atoms with E-state index in [2.05, 4.69) is 5.32 Å². The Labute approximate surface area is 156 Å². The number of furan rings is 1. The summed E-state index contributed by atoms with van der Waals surface area (Å²) in [6, 6.07) is 7.96. The van der Waals surface area contributed by atoms with Crippen LogP contribution in [0.3, 0.4) is 0 Å². The maximum absolute atomic E-state index is 11.5. The number of likely N-dealkylation sites (tertiary alicyclic amines) is 1. The molecule has 0 saturated carbocycles. The first-order valence-electron chi connectivity index (χ1n) is 8.56. The molecular weight excluding hydrogens is 358 g/mol. The largest absolute Gasteiger partial charge is 0.460 e. The fourth-order valence-electron chi connectivity index (χ4n) is 2.98. The van der Waals surface area contributed by atoms with Gasteiger partial charge in [0, 0.05) is 37.2 Å². The number of nitrogens with zero attached hydrogens (tertiary/aromatic N) is 2. The fraction of sp³-hybridized carbons (Fsp3) is 0.389. The van der Waals surface area contributed by atoms with Crippen LogP contribution in [0, 0.1) is 10.1 Å². The van der Waals surface area contributed by atoms with Gasteiger partial charge in [-0.1, -0.05) is 11.6 Å². The molecule has 1 N–H and O–H groups in total. The Balaban J connectivity index is 1.49. The minimum absolute atomic E-state index is 0.0521. The third kappa shape index (κ3) is 4.42. The molecule has 1 saturated heterocycles. The number of halogens is 1. The molecule has 0 aliphatic carbocycles. The molecule has 26 heavy (non-hydrogen) atoms. The number of carbonyl (C=O) groups excluding carboxylic acids is 1. The molecule has 1 aliphatic rings. The molecule has 2 aromatic rings. The van der Waals surface area contributed by atoms with E-state index in [1.54, 1.807) is 12.1 Å². The lowest BCUT2D eigenvalue weighted by atomic mass is 10.1. The van der Waals surface area contributed by atoms with Gasteiger partial charge in [-0.15, -0.1) is 0 Å². The summed E-state index contributed by atoms with van der Waals surface area (Å²) >= 11 is 6.12. The molecule has 8 heteroatoms. The molecule has 1 fully saturated rings. The lowest BCUT2D eigenvalue weighted by Crippen LogP contribution is -2.28. The minimum Gasteiger partial charge on any atom is -0.460 e. The second-order valence-electron chi connectivity index (χ2n) is 6.20. The minimum atomic E-state index is -0.483. The predicted molar refractivity (Wildman–Crippen MR) is 97.9 cm³/mol. The first-order valence-corrected chi connectivity index (χ1v) is 8.94. The molecule has 0 spiro atoms. The maximum Gasteiger partial charge on any atom is 0.270 e. The van der Waals surface area contributed by atoms with Gasteiger partial charge in [-0.25, -0.2) is 0 Å². The molecule has 7 nitrogen and oxygen atoms in total. The molecule has 1 aromatic heterocycles. The quantitative estimate of drug-likeness (QED) is 0.431. The number of hydrogen-bond donors (Lipinski definition) is 1. The van der Waals surface area contributed by atoms with Crippen molar-refractivity contribution in [3.05, 3.63) is 51.2 Å². The van der Waals surface area contributed by atoms with Gasteiger partial charge in [0.05, 0.1) is 16.5 Å². The second-order valence-corrected chi connectivity index (χ2v) is 6.61. The summed E-state index contributed by atoms with van der Waals surface area (Å²) in [6.07, 6.45) is 2.54. The number of nitro benzene ring substituents is 1. The van der Waals surface area contributed by atoms with Gasteiger partial charge in [-0.3, -0.25) is 14.9 Å². The zero-order valence-electron chi connectivity index (χ0n) is 14.2. The lowest BCUT2D eigenvalue weighted by Gasteiger charge is -2.15. The molecule has 2 heterocycles. The van der Waals surface area contributed by atoms with E-state index in [9.17, 15) is 14.9 Å². The number of nitro groups is 1. The van der Waals surface area contributed by atoms with E-state index < -0.39 is 4.92 Å². The van der Waals surface area contributed by atoms with E-state index >= 15 is 0 Å². The van der Waals surface area contributed by atoms with Gasteiger partial charge >= 0.3 is 0 Å². The van der Waals surface area contributed by atoms with Crippen molar-refractivity contribution in [1.29, 1.82) is 0 Å². The normalized spacial score (nSPS) is 14.2. The topological polar surface area (TPSA) is 88.6 Å². The van der Waals surface area contributed by atoms with Gasteiger partial charge in [0.2, 0.25) is 5.91 Å². The van der Waals surface area contributed by atoms with Crippen LogP contribution in [0.2, 0.25) is 5.02 Å². The van der Waals surface area contributed by atoms with Crippen molar-refractivity contribution >= 4 is 23.2 Å². The van der Waals surface area contributed by atoms with Crippen molar-refractivity contribution < 1.29 is 14.1 Å². The Hall–Kier alpha value is -2.38. The first kappa shape index (κ1) is 18.4. The Morgan fingerprint density at radius 2 is 2.15 bits per heavy atom. The Morgan fingerprint density at radius 1 is 1.31 bits per heavy atom. The van der Waals surface area contributed by atoms with Crippen LogP contribution in [-0.2, 0) is 11.3 Å². The van der Waals surface area contributed by atoms with E-state index in [-0.39, 0.29) is 16.6 Å². The molecule has 0 atom stereocenters. The van der Waals surface area contributed by atoms with E-state index in [0.717, 1.165) is 38.2 Å². The van der Waals surface area contributed by atoms with Gasteiger partial charge in [0.25, 0.3) is 5.69 Å². The molecule has 1 aromatic carbocycles. The molecular formula is C18H20ClN3O4. The highest BCUT2D eigenvalue weighted by atomic mass is 35.5. The van der Waals surface area contributed by atoms with E-state index in [0.29, 0.717) is 24.3 Å². The Kier molecular flexibility index (Phi) is 5.90. The van der Waals surface area contributed by atoms with Gasteiger partial charge in [-0.2, -0.15) is 0 Å². The summed E-state index contributed by atoms with van der Waals surface area (Å²) in [5.74, 6) is 1.58. The SMILES string of the molecule is O=C1CCCN1CCCNCc1ccc(-c2ccc([N+](=O)[O-])cc2Cl)o1. The Morgan fingerprint density at radius 3 is 2.85 bits per heavy atom. The Bertz CT molecular complexity index is 805. The van der Waals surface area contributed by atoms with Crippen LogP contribution in [0.5, 0.6) is 0 Å². The van der Waals surface area contributed by atoms with Crippen molar-refractivity contribution in [1.82, 2.24) is 10.2 Å². The van der Waals surface area contributed by atoms with Crippen LogP contribution in [0.1, 0.15) is 25.0 Å². The van der Waals surface area contributed by atoms with Gasteiger partial charge in [0.1, 0.15) is 11.5 Å². The lowest BCUT2D eigenvalue weighted by molar-refractivity contribution is -0.384. The predicted octanol–water partition coefficient (Wildman–Crippen LogP) is 3.61. The number of rotatable bonds is 8. The summed E-state index contributed by atoms with van der Waals surface area (Å²) < 4.78 is 5.77. The standard InChI is InChI=1S/C18H20ClN3O4/c19-16-11-13(22(24)25)4-6-15(16)17-7-5-14(26-17)12-20-8-2-10-21-9-1-3-18(21)23/h4-7,11,20H,1-3,8-10,12H2. The van der Waals surface area contributed by atoms with Crippen molar-refractivity contribution in [2.45, 2.75) is 25.8 Å². The van der Waals surface area contributed by atoms with Crippen molar-refractivity contribution in [2.75, 3.05) is 19.6 Å². The molecule has 1 aliphatic heterocycles. The highest BCUT2D eigenvalue weighted by Crippen LogP contribution is 2.32. The van der Waals surface area contributed by atoms with Gasteiger partial charge in [0.15, 0.2) is 0 Å². The first-order chi connectivity index (χ1) is 12.5. The summed E-state index contributed by atoms with van der Waals surface area (Å²) in [5.41, 5.74) is 0.569. The number of benzene rings is 1. The molecule has 0 unspecified atom stereocenters. The number of nitrogens with one attached hydrogen (secondary N) is 1. The zero-order chi connectivity index (χ0) is 18.5. The second kappa shape index (κ2) is 8.33. The van der Waals surface area contributed by atoms with Crippen molar-refractivity contribution in [2.24, 2.45) is 0 Å². The van der Waals surface area contributed by atoms with E-state index in [1.807, 2.05) is 11.0 Å². The van der Waals surface area contributed by atoms with Crippen LogP contribution in [0.4, 0.5) is 5.69 Å². The molecule has 138 valence electrons. The third-order valence-corrected chi connectivity index (χ3v) is 4.66. The smallest absolute Gasteiger partial charge is 0.270 e. The van der Waals surface area contributed by atoms with Crippen molar-refractivity contribution in [3.63, 3.8) is 0 Å². The number of amides is 1. The molecule has 0 radical (unpaired) electrons. The van der Waals surface area contributed by atoms with Gasteiger partial charge in [-0.05, 0) is 37.6 Å². The molecule has 3 rings (SSSR count). The van der Waals surface area contributed by atoms with Crippen LogP contribution in [0.15, 0.2) is 34.7 Å². The maximum atomic E-state index is 11.5. The highest BCUT2D eigenvalue weighted by molar-refractivity contribution is 6.33. The van der Waals surface area contributed by atoms with Crippen LogP contribution < -0.4 is 5.32 Å². The highest BCUT2D eigenvalue weighted by Gasteiger charge is 2.19. The summed E-state index contributed by atoms with van der Waals surface area (Å²) in [7, 11) is 0. The summed E-state index contributed by atoms with van der Waals surface area (Å²) in [6.45, 7) is 3.01. The average Bonchev–Trinajstić information content (AvgIpc) is 3.24. The number of hydrogen-bond acceptors (Lipinski definition) is 5. The van der Waals surface area contributed by atoms with Crippen molar-refractivity contribution in [3.8, 4) is 11.3 Å². The van der Waals surface area contributed by atoms with E-state index in [1.165, 1.54) is 12.1 Å². The third-order valence-electron chi connectivity index (χ3n) is 4.34. The monoisotopic (exact) mass is 377 g/mol. The van der Waals surface area contributed by atoms with Gasteiger partial charge < -0.3 is 14.6 Å². The average molecular weight is 378 g/mol. The van der Waals surface area contributed by atoms with Crippen LogP contribution in [-0.4, -0.2) is 35.4 Å².